The fourth-order valence-electron chi connectivity index (χ4n) is 0.181. The van der Waals surface area contributed by atoms with Gasteiger partial charge in [-0.3, -0.25) is 5.10 Å². The Bertz CT molecular complexity index is 116. The van der Waals surface area contributed by atoms with Crippen LogP contribution in [-0.4, -0.2) is 15.2 Å². The third kappa shape index (κ3) is 2.13. The van der Waals surface area contributed by atoms with E-state index in [-0.39, 0.29) is 22.4 Å². The first kappa shape index (κ1) is 7.23. The molecule has 0 amide bonds. The van der Waals surface area contributed by atoms with Gasteiger partial charge in [-0.1, -0.05) is 0 Å². The fraction of sp³-hybridized carbons (Fsp3) is 0. The standard InChI is InChI=1S/C2H2N3S.Ag/c6-2-3-1-4-5-2;/h1,6H;/q-1;+1. The molecule has 0 spiro atoms. The van der Waals surface area contributed by atoms with Crippen LogP contribution in [0.1, 0.15) is 0 Å². The molecule has 0 aliphatic carbocycles. The summed E-state index contributed by atoms with van der Waals surface area (Å²) < 4.78 is 0. The molecule has 0 aliphatic heterocycles. The number of nitrogens with zero attached hydrogens (tertiary/aromatic N) is 3. The molecule has 0 saturated heterocycles. The van der Waals surface area contributed by atoms with Crippen LogP contribution < -0.4 is 0 Å². The third-order valence-electron chi connectivity index (χ3n) is 0.372. The molecule has 3 nitrogen and oxygen atoms in total. The molecule has 0 unspecified atom stereocenters. The van der Waals surface area contributed by atoms with E-state index >= 15 is 0 Å². The Labute approximate surface area is 61.8 Å². The number of rotatable bonds is 0. The summed E-state index contributed by atoms with van der Waals surface area (Å²) in [6.07, 6.45) is 1.35. The largest absolute Gasteiger partial charge is 1.00 e. The Kier molecular flexibility index (Phi) is 3.37. The summed E-state index contributed by atoms with van der Waals surface area (Å²) >= 11 is 3.75. The monoisotopic (exact) mass is 207 g/mol. The summed E-state index contributed by atoms with van der Waals surface area (Å²) in [4.78, 5) is 3.56. The number of aromatic nitrogens is 3. The molecule has 0 bridgehead atoms. The van der Waals surface area contributed by atoms with Crippen molar-refractivity contribution >= 4 is 12.6 Å². The number of hydrogen-bond donors (Lipinski definition) is 1. The van der Waals surface area contributed by atoms with Crippen molar-refractivity contribution < 1.29 is 22.4 Å². The molecule has 1 heterocycles. The predicted molar refractivity (Wildman–Crippen MR) is 22.7 cm³/mol. The van der Waals surface area contributed by atoms with Gasteiger partial charge in [0.15, 0.2) is 0 Å². The number of thiol groups is 1. The van der Waals surface area contributed by atoms with E-state index < -0.39 is 0 Å². The van der Waals surface area contributed by atoms with Crippen molar-refractivity contribution in [3.63, 3.8) is 0 Å². The number of hydrogen-bond acceptors (Lipinski definition) is 4. The second kappa shape index (κ2) is 3.26. The molecule has 1 aromatic heterocycles. The Morgan fingerprint density at radius 2 is 2.29 bits per heavy atom. The molecule has 0 atom stereocenters. The molecule has 1 rings (SSSR count). The topological polar surface area (TPSA) is 38.7 Å². The normalized spacial score (nSPS) is 7.57. The van der Waals surface area contributed by atoms with Crippen LogP contribution >= 0.6 is 12.6 Å². The van der Waals surface area contributed by atoms with Crippen LogP contribution in [0.25, 0.3) is 0 Å². The summed E-state index contributed by atoms with van der Waals surface area (Å²) in [5, 5.41) is 7.23. The Hall–Kier alpha value is 0.230. The maximum atomic E-state index is 3.75. The molecule has 0 saturated carbocycles. The first-order chi connectivity index (χ1) is 2.89. The summed E-state index contributed by atoms with van der Waals surface area (Å²) in [5.74, 6) is 0. The van der Waals surface area contributed by atoms with Gasteiger partial charge in [-0.2, -0.15) is 0 Å². The van der Waals surface area contributed by atoms with E-state index in [1.807, 2.05) is 0 Å². The molecule has 0 radical (unpaired) electrons. The van der Waals surface area contributed by atoms with Gasteiger partial charge in [-0.05, 0) is 6.33 Å². The smallest absolute Gasteiger partial charge is 0.400 e. The maximum absolute atomic E-state index is 3.75. The second-order valence-electron chi connectivity index (χ2n) is 0.760. The third-order valence-corrected chi connectivity index (χ3v) is 0.577. The zero-order valence-corrected chi connectivity index (χ0v) is 5.54. The van der Waals surface area contributed by atoms with E-state index in [1.54, 1.807) is 0 Å². The van der Waals surface area contributed by atoms with Gasteiger partial charge in [0.05, 0.1) is 0 Å². The average Bonchev–Trinajstić information content (AvgIpc) is 1.86. The van der Waals surface area contributed by atoms with Crippen LogP contribution in [0, 0.1) is 0 Å². The fourth-order valence-corrected chi connectivity index (χ4v) is 0.284. The zero-order valence-electron chi connectivity index (χ0n) is 3.17. The average molecular weight is 208 g/mol. The first-order valence-corrected chi connectivity index (χ1v) is 1.83. The van der Waals surface area contributed by atoms with Gasteiger partial charge in [-0.15, -0.1) is 0 Å². The van der Waals surface area contributed by atoms with Crippen molar-refractivity contribution in [3.8, 4) is 0 Å². The minimum Gasteiger partial charge on any atom is -0.400 e. The van der Waals surface area contributed by atoms with Crippen molar-refractivity contribution in [1.82, 2.24) is 15.2 Å². The van der Waals surface area contributed by atoms with Crippen molar-refractivity contribution in [2.24, 2.45) is 0 Å². The van der Waals surface area contributed by atoms with Crippen molar-refractivity contribution in [3.05, 3.63) is 6.33 Å². The van der Waals surface area contributed by atoms with E-state index in [1.165, 1.54) is 6.33 Å². The van der Waals surface area contributed by atoms with Crippen molar-refractivity contribution in [2.75, 3.05) is 0 Å². The van der Waals surface area contributed by atoms with E-state index in [0.717, 1.165) is 0 Å². The SMILES string of the molecule is S[c-]1ncnn1.[Ag+]. The van der Waals surface area contributed by atoms with Crippen LogP contribution in [-0.2, 0) is 22.4 Å². The summed E-state index contributed by atoms with van der Waals surface area (Å²) in [7, 11) is 0. The molecule has 0 N–H and O–H groups in total. The molecule has 1 aromatic rings. The van der Waals surface area contributed by atoms with E-state index in [0.29, 0.717) is 5.16 Å². The molecule has 0 aliphatic rings. The molecule has 42 valence electrons. The molecule has 7 heavy (non-hydrogen) atoms. The van der Waals surface area contributed by atoms with Gasteiger partial charge in [0.25, 0.3) is 0 Å². The van der Waals surface area contributed by atoms with E-state index in [4.69, 9.17) is 0 Å². The van der Waals surface area contributed by atoms with Crippen molar-refractivity contribution in [1.29, 1.82) is 0 Å². The zero-order chi connectivity index (χ0) is 4.41. The summed E-state index contributed by atoms with van der Waals surface area (Å²) in [6, 6.07) is 0. The van der Waals surface area contributed by atoms with Gasteiger partial charge >= 0.3 is 22.4 Å². The summed E-state index contributed by atoms with van der Waals surface area (Å²) in [6.45, 7) is 0. The van der Waals surface area contributed by atoms with Gasteiger partial charge < -0.3 is 4.98 Å². The quantitative estimate of drug-likeness (QED) is 0.367. The van der Waals surface area contributed by atoms with Crippen LogP contribution in [0.4, 0.5) is 0 Å². The minimum absolute atomic E-state index is 0. The Morgan fingerprint density at radius 3 is 2.43 bits per heavy atom. The molecular formula is C2H2AgN3S. The Morgan fingerprint density at radius 1 is 1.57 bits per heavy atom. The van der Waals surface area contributed by atoms with Crippen LogP contribution in [0.15, 0.2) is 11.5 Å². The predicted octanol–water partition coefficient (Wildman–Crippen LogP) is -0.123. The minimum atomic E-state index is 0. The van der Waals surface area contributed by atoms with E-state index in [2.05, 4.69) is 27.8 Å². The second-order valence-corrected chi connectivity index (χ2v) is 1.16. The van der Waals surface area contributed by atoms with Crippen LogP contribution in [0.3, 0.4) is 0 Å². The molecule has 5 heteroatoms. The first-order valence-electron chi connectivity index (χ1n) is 1.39. The van der Waals surface area contributed by atoms with Gasteiger partial charge in [0.2, 0.25) is 0 Å². The molecule has 0 aromatic carbocycles. The van der Waals surface area contributed by atoms with Crippen LogP contribution in [0.5, 0.6) is 0 Å². The molecule has 0 fully saturated rings. The maximum Gasteiger partial charge on any atom is 1.00 e. The van der Waals surface area contributed by atoms with Crippen LogP contribution in [0.2, 0.25) is 0 Å². The van der Waals surface area contributed by atoms with Gasteiger partial charge in [0, 0.05) is 5.16 Å². The summed E-state index contributed by atoms with van der Waals surface area (Å²) in [5.41, 5.74) is 0. The molecular weight excluding hydrogens is 206 g/mol. The van der Waals surface area contributed by atoms with E-state index in [9.17, 15) is 0 Å². The van der Waals surface area contributed by atoms with Gasteiger partial charge in [0.1, 0.15) is 0 Å². The van der Waals surface area contributed by atoms with Gasteiger partial charge in [-0.25, -0.2) is 17.7 Å². The van der Waals surface area contributed by atoms with Crippen molar-refractivity contribution in [2.45, 2.75) is 5.16 Å². The Balaban J connectivity index is 0.000000360.